The van der Waals surface area contributed by atoms with Crippen molar-refractivity contribution in [2.75, 3.05) is 39.3 Å². The van der Waals surface area contributed by atoms with Crippen molar-refractivity contribution in [2.24, 2.45) is 11.8 Å². The van der Waals surface area contributed by atoms with Crippen LogP contribution in [0.3, 0.4) is 0 Å². The van der Waals surface area contributed by atoms with Gasteiger partial charge in [-0.1, -0.05) is 24.4 Å². The van der Waals surface area contributed by atoms with E-state index in [0.717, 1.165) is 26.2 Å². The first-order chi connectivity index (χ1) is 12.1. The molecule has 1 N–H and O–H groups in total. The summed E-state index contributed by atoms with van der Waals surface area (Å²) in [4.78, 5) is 4.53. The van der Waals surface area contributed by atoms with Gasteiger partial charge in [0, 0.05) is 38.3 Å². The monoisotopic (exact) mass is 372 g/mol. The third kappa shape index (κ3) is 4.70. The molecule has 1 aromatic rings. The molecule has 3 nitrogen and oxygen atoms in total. The molecule has 2 heterocycles. The van der Waals surface area contributed by atoms with Gasteiger partial charge in [-0.05, 0) is 49.9 Å². The second kappa shape index (κ2) is 8.76. The summed E-state index contributed by atoms with van der Waals surface area (Å²) in [5.74, 6) is -0.724. The molecule has 140 valence electrons. The van der Waals surface area contributed by atoms with Crippen molar-refractivity contribution in [2.45, 2.75) is 32.2 Å². The highest BCUT2D eigenvalue weighted by Crippen LogP contribution is 2.29. The highest BCUT2D eigenvalue weighted by molar-refractivity contribution is 6.30. The minimum Gasteiger partial charge on any atom is -0.396 e. The predicted octanol–water partition coefficient (Wildman–Crippen LogP) is 3.53. The first-order valence-corrected chi connectivity index (χ1v) is 9.64. The fourth-order valence-corrected chi connectivity index (χ4v) is 4.34. The van der Waals surface area contributed by atoms with Gasteiger partial charge < -0.3 is 10.0 Å². The van der Waals surface area contributed by atoms with Crippen LogP contribution in [-0.4, -0.2) is 54.2 Å². The summed E-state index contributed by atoms with van der Waals surface area (Å²) in [6.45, 7) is 4.94. The van der Waals surface area contributed by atoms with Crippen molar-refractivity contribution in [3.63, 3.8) is 0 Å². The van der Waals surface area contributed by atoms with Crippen molar-refractivity contribution in [1.82, 2.24) is 9.80 Å². The van der Waals surface area contributed by atoms with Gasteiger partial charge in [-0.25, -0.2) is 8.78 Å². The molecule has 2 aliphatic rings. The standard InChI is InChI=1S/C19H27ClF2N2O/c20-17-5-6-18(21)16(19(17)22)12-24-10-14(15(11-24)13-25)9-23-7-3-1-2-4-8-23/h5-6,14-15,25H,1-4,7-13H2/t14-,15-/m1/s1. The zero-order valence-corrected chi connectivity index (χ0v) is 15.3. The van der Waals surface area contributed by atoms with Crippen LogP contribution in [0.25, 0.3) is 0 Å². The van der Waals surface area contributed by atoms with Gasteiger partial charge >= 0.3 is 0 Å². The van der Waals surface area contributed by atoms with E-state index in [0.29, 0.717) is 12.5 Å². The number of benzene rings is 1. The van der Waals surface area contributed by atoms with Crippen LogP contribution in [0.15, 0.2) is 12.1 Å². The molecule has 2 atom stereocenters. The second-order valence-electron chi connectivity index (χ2n) is 7.43. The van der Waals surface area contributed by atoms with Gasteiger partial charge in [-0.15, -0.1) is 0 Å². The molecule has 6 heteroatoms. The van der Waals surface area contributed by atoms with E-state index in [9.17, 15) is 13.9 Å². The molecule has 1 aromatic carbocycles. The number of likely N-dealkylation sites (tertiary alicyclic amines) is 2. The summed E-state index contributed by atoms with van der Waals surface area (Å²) in [5, 5.41) is 9.70. The van der Waals surface area contributed by atoms with Crippen molar-refractivity contribution in [1.29, 1.82) is 0 Å². The minimum atomic E-state index is -0.668. The van der Waals surface area contributed by atoms with E-state index in [2.05, 4.69) is 4.90 Å². The van der Waals surface area contributed by atoms with E-state index in [-0.39, 0.29) is 29.7 Å². The van der Waals surface area contributed by atoms with Gasteiger partial charge in [0.15, 0.2) is 0 Å². The molecule has 2 fully saturated rings. The maximum absolute atomic E-state index is 14.2. The minimum absolute atomic E-state index is 0.0274. The normalized spacial score (nSPS) is 26.1. The molecule has 0 radical (unpaired) electrons. The predicted molar refractivity (Wildman–Crippen MR) is 95.6 cm³/mol. The Morgan fingerprint density at radius 3 is 2.36 bits per heavy atom. The third-order valence-corrected chi connectivity index (χ3v) is 5.89. The molecule has 0 aromatic heterocycles. The quantitative estimate of drug-likeness (QED) is 0.801. The van der Waals surface area contributed by atoms with Crippen LogP contribution in [0.4, 0.5) is 8.78 Å². The number of halogens is 3. The number of hydrogen-bond acceptors (Lipinski definition) is 3. The third-order valence-electron chi connectivity index (χ3n) is 5.60. The van der Waals surface area contributed by atoms with Crippen molar-refractivity contribution in [3.8, 4) is 0 Å². The van der Waals surface area contributed by atoms with Crippen LogP contribution in [0.1, 0.15) is 31.2 Å². The molecule has 0 spiro atoms. The fourth-order valence-electron chi connectivity index (χ4n) is 4.17. The molecule has 0 unspecified atom stereocenters. The Kier molecular flexibility index (Phi) is 6.67. The van der Waals surface area contributed by atoms with Gasteiger partial charge in [0.25, 0.3) is 0 Å². The van der Waals surface area contributed by atoms with Gasteiger partial charge in [-0.3, -0.25) is 4.90 Å². The van der Waals surface area contributed by atoms with E-state index in [4.69, 9.17) is 11.6 Å². The van der Waals surface area contributed by atoms with Crippen LogP contribution >= 0.6 is 11.6 Å². The second-order valence-corrected chi connectivity index (χ2v) is 7.84. The molecule has 25 heavy (non-hydrogen) atoms. The Bertz CT molecular complexity index is 579. The lowest BCUT2D eigenvalue weighted by molar-refractivity contribution is 0.165. The Morgan fingerprint density at radius 2 is 1.68 bits per heavy atom. The van der Waals surface area contributed by atoms with E-state index in [1.807, 2.05) is 4.90 Å². The van der Waals surface area contributed by atoms with Crippen LogP contribution in [0.2, 0.25) is 5.02 Å². The first-order valence-electron chi connectivity index (χ1n) is 9.26. The summed E-state index contributed by atoms with van der Waals surface area (Å²) < 4.78 is 28.1. The first kappa shape index (κ1) is 19.0. The summed E-state index contributed by atoms with van der Waals surface area (Å²) in [6.07, 6.45) is 5.06. The van der Waals surface area contributed by atoms with Crippen molar-refractivity contribution >= 4 is 11.6 Å². The maximum atomic E-state index is 14.2. The topological polar surface area (TPSA) is 26.7 Å². The highest BCUT2D eigenvalue weighted by atomic mass is 35.5. The van der Waals surface area contributed by atoms with Crippen LogP contribution in [-0.2, 0) is 6.54 Å². The van der Waals surface area contributed by atoms with E-state index in [1.54, 1.807) is 0 Å². The van der Waals surface area contributed by atoms with E-state index in [1.165, 1.54) is 37.8 Å². The van der Waals surface area contributed by atoms with E-state index < -0.39 is 11.6 Å². The molecule has 3 rings (SSSR count). The molecule has 2 aliphatic heterocycles. The number of nitrogens with zero attached hydrogens (tertiary/aromatic N) is 2. The Balaban J connectivity index is 1.64. The molecule has 0 amide bonds. The summed E-state index contributed by atoms with van der Waals surface area (Å²) in [7, 11) is 0. The van der Waals surface area contributed by atoms with Crippen LogP contribution in [0.5, 0.6) is 0 Å². The van der Waals surface area contributed by atoms with Crippen molar-refractivity contribution in [3.05, 3.63) is 34.4 Å². The lowest BCUT2D eigenvalue weighted by atomic mass is 9.96. The van der Waals surface area contributed by atoms with Crippen LogP contribution < -0.4 is 0 Å². The fraction of sp³-hybridized carbons (Fsp3) is 0.684. The average Bonchev–Trinajstić information content (AvgIpc) is 2.79. The van der Waals surface area contributed by atoms with Gasteiger partial charge in [0.2, 0.25) is 0 Å². The molecule has 2 saturated heterocycles. The van der Waals surface area contributed by atoms with Crippen LogP contribution in [0, 0.1) is 23.5 Å². The smallest absolute Gasteiger partial charge is 0.149 e. The van der Waals surface area contributed by atoms with E-state index >= 15 is 0 Å². The number of aliphatic hydroxyl groups is 1. The summed E-state index contributed by atoms with van der Waals surface area (Å²) in [5.41, 5.74) is 0.0274. The number of hydrogen-bond donors (Lipinski definition) is 1. The van der Waals surface area contributed by atoms with Crippen molar-refractivity contribution < 1.29 is 13.9 Å². The zero-order chi connectivity index (χ0) is 17.8. The maximum Gasteiger partial charge on any atom is 0.149 e. The molecule has 0 bridgehead atoms. The molecular formula is C19H27ClF2N2O. The van der Waals surface area contributed by atoms with Gasteiger partial charge in [0.05, 0.1) is 5.02 Å². The lowest BCUT2D eigenvalue weighted by Gasteiger charge is -2.26. The Hall–Kier alpha value is -0.750. The summed E-state index contributed by atoms with van der Waals surface area (Å²) >= 11 is 5.79. The van der Waals surface area contributed by atoms with Gasteiger partial charge in [0.1, 0.15) is 11.6 Å². The van der Waals surface area contributed by atoms with Gasteiger partial charge in [-0.2, -0.15) is 0 Å². The lowest BCUT2D eigenvalue weighted by Crippen LogP contribution is -2.34. The Labute approximate surface area is 153 Å². The number of rotatable bonds is 5. The average molecular weight is 373 g/mol. The summed E-state index contributed by atoms with van der Waals surface area (Å²) in [6, 6.07) is 2.47. The molecular weight excluding hydrogens is 346 g/mol. The Morgan fingerprint density at radius 1 is 1.00 bits per heavy atom. The number of aliphatic hydroxyl groups excluding tert-OH is 1. The largest absolute Gasteiger partial charge is 0.396 e. The highest BCUT2D eigenvalue weighted by Gasteiger charge is 2.34. The zero-order valence-electron chi connectivity index (χ0n) is 14.6. The molecule has 0 saturated carbocycles. The molecule has 0 aliphatic carbocycles. The SMILES string of the molecule is OC[C@H]1CN(Cc2c(F)ccc(Cl)c2F)C[C@H]1CN1CCCCCC1.